The first-order chi connectivity index (χ1) is 12.6. The lowest BCUT2D eigenvalue weighted by Gasteiger charge is -2.46. The molecule has 5 heteroatoms. The molecule has 0 bridgehead atoms. The fraction of sp³-hybridized carbons (Fsp3) is 0.381. The minimum absolute atomic E-state index is 0.00163. The van der Waals surface area contributed by atoms with Gasteiger partial charge in [0.05, 0.1) is 18.6 Å². The molecular formula is C21H25FN2O2. The Bertz CT molecular complexity index is 707. The molecule has 2 aromatic rings. The van der Waals surface area contributed by atoms with Gasteiger partial charge in [-0.25, -0.2) is 4.39 Å². The highest BCUT2D eigenvalue weighted by molar-refractivity contribution is 5.96. The summed E-state index contributed by atoms with van der Waals surface area (Å²) >= 11 is 0. The molecule has 0 unspecified atom stereocenters. The van der Waals surface area contributed by atoms with Crippen molar-refractivity contribution in [1.29, 1.82) is 0 Å². The monoisotopic (exact) mass is 356 g/mol. The summed E-state index contributed by atoms with van der Waals surface area (Å²) in [6, 6.07) is 15.9. The molecule has 0 atom stereocenters. The average molecular weight is 356 g/mol. The molecule has 4 nitrogen and oxygen atoms in total. The lowest BCUT2D eigenvalue weighted by Crippen LogP contribution is -2.60. The van der Waals surface area contributed by atoms with Gasteiger partial charge in [0.15, 0.2) is 0 Å². The van der Waals surface area contributed by atoms with E-state index in [9.17, 15) is 9.18 Å². The van der Waals surface area contributed by atoms with Crippen LogP contribution in [0.2, 0.25) is 0 Å². The van der Waals surface area contributed by atoms with Gasteiger partial charge < -0.3 is 15.0 Å². The van der Waals surface area contributed by atoms with E-state index in [-0.39, 0.29) is 11.7 Å². The number of hydrogen-bond donors (Lipinski definition) is 1. The van der Waals surface area contributed by atoms with Crippen molar-refractivity contribution in [3.8, 4) is 0 Å². The Morgan fingerprint density at radius 1 is 1.12 bits per heavy atom. The van der Waals surface area contributed by atoms with Gasteiger partial charge in [0, 0.05) is 12.8 Å². The zero-order chi connectivity index (χ0) is 18.4. The van der Waals surface area contributed by atoms with Crippen molar-refractivity contribution in [1.82, 2.24) is 5.32 Å². The molecule has 1 saturated heterocycles. The summed E-state index contributed by atoms with van der Waals surface area (Å²) in [4.78, 5) is 15.2. The molecule has 0 spiro atoms. The minimum Gasteiger partial charge on any atom is -0.382 e. The smallest absolute Gasteiger partial charge is 0.232 e. The van der Waals surface area contributed by atoms with Crippen LogP contribution in [-0.4, -0.2) is 38.3 Å². The van der Waals surface area contributed by atoms with Crippen LogP contribution in [0, 0.1) is 5.82 Å². The van der Waals surface area contributed by atoms with Crippen LogP contribution in [0.4, 0.5) is 10.1 Å². The molecule has 0 radical (unpaired) electrons. The number of carbonyl (C=O) groups is 1. The standard InChI is InChI=1S/C21H25FN2O2/c1-26-16-21(11-13-23-14-12-21)24(19-9-7-18(22)8-10-19)20(25)15-17-5-3-2-4-6-17/h2-10,23H,11-16H2,1H3. The third-order valence-electron chi connectivity index (χ3n) is 4.95. The highest BCUT2D eigenvalue weighted by Crippen LogP contribution is 2.33. The molecule has 138 valence electrons. The van der Waals surface area contributed by atoms with Gasteiger partial charge in [-0.1, -0.05) is 30.3 Å². The van der Waals surface area contributed by atoms with E-state index in [0.717, 1.165) is 31.5 Å². The second-order valence-electron chi connectivity index (χ2n) is 6.78. The van der Waals surface area contributed by atoms with Gasteiger partial charge in [-0.3, -0.25) is 4.79 Å². The third kappa shape index (κ3) is 4.11. The number of rotatable bonds is 6. The van der Waals surface area contributed by atoms with Crippen molar-refractivity contribution in [3.63, 3.8) is 0 Å². The quantitative estimate of drug-likeness (QED) is 0.864. The molecule has 1 N–H and O–H groups in total. The number of hydrogen-bond acceptors (Lipinski definition) is 3. The number of nitrogens with zero attached hydrogens (tertiary/aromatic N) is 1. The summed E-state index contributed by atoms with van der Waals surface area (Å²) < 4.78 is 19.0. The molecular weight excluding hydrogens is 331 g/mol. The average Bonchev–Trinajstić information content (AvgIpc) is 2.65. The van der Waals surface area contributed by atoms with Crippen molar-refractivity contribution in [2.75, 3.05) is 31.7 Å². The van der Waals surface area contributed by atoms with E-state index in [4.69, 9.17) is 4.74 Å². The van der Waals surface area contributed by atoms with Gasteiger partial charge in [-0.15, -0.1) is 0 Å². The van der Waals surface area contributed by atoms with Crippen LogP contribution >= 0.6 is 0 Å². The second-order valence-corrected chi connectivity index (χ2v) is 6.78. The Morgan fingerprint density at radius 3 is 2.38 bits per heavy atom. The Labute approximate surface area is 154 Å². The Hall–Kier alpha value is -2.24. The normalized spacial score (nSPS) is 16.2. The number of ether oxygens (including phenoxy) is 1. The van der Waals surface area contributed by atoms with Gasteiger partial charge in [0.1, 0.15) is 5.82 Å². The number of methoxy groups -OCH3 is 1. The van der Waals surface area contributed by atoms with E-state index in [1.165, 1.54) is 12.1 Å². The van der Waals surface area contributed by atoms with Gasteiger partial charge in [-0.2, -0.15) is 0 Å². The highest BCUT2D eigenvalue weighted by atomic mass is 19.1. The first-order valence-electron chi connectivity index (χ1n) is 8.97. The Balaban J connectivity index is 1.97. The number of carbonyl (C=O) groups excluding carboxylic acids is 1. The van der Waals surface area contributed by atoms with E-state index in [2.05, 4.69) is 5.32 Å². The maximum atomic E-state index is 13.4. The van der Waals surface area contributed by atoms with Crippen LogP contribution < -0.4 is 10.2 Å². The number of halogens is 1. The maximum absolute atomic E-state index is 13.4. The number of piperidine rings is 1. The lowest BCUT2D eigenvalue weighted by molar-refractivity contribution is -0.120. The molecule has 1 aliphatic rings. The molecule has 1 aliphatic heterocycles. The van der Waals surface area contributed by atoms with E-state index in [1.54, 1.807) is 19.2 Å². The number of nitrogens with one attached hydrogen (secondary N) is 1. The van der Waals surface area contributed by atoms with Crippen molar-refractivity contribution < 1.29 is 13.9 Å². The summed E-state index contributed by atoms with van der Waals surface area (Å²) in [7, 11) is 1.66. The molecule has 0 aromatic heterocycles. The fourth-order valence-corrected chi connectivity index (χ4v) is 3.72. The van der Waals surface area contributed by atoms with E-state index in [1.807, 2.05) is 35.2 Å². The van der Waals surface area contributed by atoms with Gasteiger partial charge in [-0.05, 0) is 55.8 Å². The summed E-state index contributed by atoms with van der Waals surface area (Å²) in [5, 5.41) is 3.35. The highest BCUT2D eigenvalue weighted by Gasteiger charge is 2.41. The van der Waals surface area contributed by atoms with Crippen LogP contribution in [0.1, 0.15) is 18.4 Å². The van der Waals surface area contributed by atoms with Crippen molar-refractivity contribution in [2.45, 2.75) is 24.8 Å². The third-order valence-corrected chi connectivity index (χ3v) is 4.95. The van der Waals surface area contributed by atoms with E-state index < -0.39 is 5.54 Å². The zero-order valence-electron chi connectivity index (χ0n) is 15.1. The first kappa shape index (κ1) is 18.5. The molecule has 1 fully saturated rings. The zero-order valence-corrected chi connectivity index (χ0v) is 15.1. The van der Waals surface area contributed by atoms with Crippen molar-refractivity contribution >= 4 is 11.6 Å². The van der Waals surface area contributed by atoms with Crippen LogP contribution in [-0.2, 0) is 16.0 Å². The summed E-state index contributed by atoms with van der Waals surface area (Å²) in [6.07, 6.45) is 1.88. The maximum Gasteiger partial charge on any atom is 0.232 e. The molecule has 3 rings (SSSR count). The summed E-state index contributed by atoms with van der Waals surface area (Å²) in [5.74, 6) is -0.308. The van der Waals surface area contributed by atoms with Crippen LogP contribution in [0.5, 0.6) is 0 Å². The molecule has 2 aromatic carbocycles. The molecule has 1 heterocycles. The Kier molecular flexibility index (Phi) is 6.01. The van der Waals surface area contributed by atoms with E-state index >= 15 is 0 Å². The fourth-order valence-electron chi connectivity index (χ4n) is 3.72. The number of anilines is 1. The lowest BCUT2D eigenvalue weighted by atomic mass is 9.86. The second kappa shape index (κ2) is 8.43. The molecule has 26 heavy (non-hydrogen) atoms. The summed E-state index contributed by atoms with van der Waals surface area (Å²) in [5.41, 5.74) is 1.25. The predicted octanol–water partition coefficient (Wildman–Crippen LogP) is 3.17. The van der Waals surface area contributed by atoms with E-state index in [0.29, 0.717) is 18.7 Å². The molecule has 0 aliphatic carbocycles. The van der Waals surface area contributed by atoms with Gasteiger partial charge >= 0.3 is 0 Å². The number of amides is 1. The van der Waals surface area contributed by atoms with Crippen LogP contribution in [0.3, 0.4) is 0 Å². The topological polar surface area (TPSA) is 41.6 Å². The largest absolute Gasteiger partial charge is 0.382 e. The van der Waals surface area contributed by atoms with Gasteiger partial charge in [0.2, 0.25) is 5.91 Å². The predicted molar refractivity (Wildman–Crippen MR) is 101 cm³/mol. The van der Waals surface area contributed by atoms with Gasteiger partial charge in [0.25, 0.3) is 0 Å². The van der Waals surface area contributed by atoms with Crippen molar-refractivity contribution in [3.05, 3.63) is 66.0 Å². The van der Waals surface area contributed by atoms with Crippen LogP contribution in [0.25, 0.3) is 0 Å². The Morgan fingerprint density at radius 2 is 1.77 bits per heavy atom. The number of benzene rings is 2. The van der Waals surface area contributed by atoms with Crippen LogP contribution in [0.15, 0.2) is 54.6 Å². The SMILES string of the molecule is COCC1(N(C(=O)Cc2ccccc2)c2ccc(F)cc2)CCNCC1. The first-order valence-corrected chi connectivity index (χ1v) is 8.97. The molecule has 0 saturated carbocycles. The summed E-state index contributed by atoms with van der Waals surface area (Å²) in [6.45, 7) is 2.09. The molecule has 1 amide bonds. The van der Waals surface area contributed by atoms with Crippen molar-refractivity contribution in [2.24, 2.45) is 0 Å². The minimum atomic E-state index is -0.427.